The minimum Gasteiger partial charge on any atom is -0.309 e. The average molecular weight is 550 g/mol. The van der Waals surface area contributed by atoms with Crippen molar-refractivity contribution in [1.29, 1.82) is 0 Å². The van der Waals surface area contributed by atoms with Crippen LogP contribution < -0.4 is 0 Å². The summed E-state index contributed by atoms with van der Waals surface area (Å²) in [5.74, 6) is 0. The highest BCUT2D eigenvalue weighted by molar-refractivity contribution is 9.10. The molecule has 0 aliphatic carbocycles. The van der Waals surface area contributed by atoms with E-state index < -0.39 is 0 Å². The van der Waals surface area contributed by atoms with Crippen LogP contribution in [0.15, 0.2) is 150 Å². The maximum Gasteiger partial charge on any atom is 0.0547 e. The van der Waals surface area contributed by atoms with Crippen LogP contribution in [0.4, 0.5) is 0 Å². The molecule has 0 radical (unpaired) electrons. The standard InChI is InChI=1S/C36H24BrN/c37-31-18-13-27(14-19-31)28-9-6-10-29(23-28)30-17-22-34-33-11-4-5-12-35(33)38(36(34)24-30)32-20-15-26(16-21-32)25-7-2-1-3-8-25/h1-24H. The molecule has 0 atom stereocenters. The number of aromatic nitrogens is 1. The first-order chi connectivity index (χ1) is 18.7. The Hall–Kier alpha value is -4.40. The van der Waals surface area contributed by atoms with Crippen LogP contribution in [-0.2, 0) is 0 Å². The third-order valence-electron chi connectivity index (χ3n) is 7.28. The molecule has 0 fully saturated rings. The zero-order chi connectivity index (χ0) is 25.5. The highest BCUT2D eigenvalue weighted by Crippen LogP contribution is 2.36. The molecule has 1 nitrogen and oxygen atoms in total. The summed E-state index contributed by atoms with van der Waals surface area (Å²) in [7, 11) is 0. The summed E-state index contributed by atoms with van der Waals surface area (Å²) < 4.78 is 3.48. The Kier molecular flexibility index (Phi) is 5.68. The lowest BCUT2D eigenvalue weighted by atomic mass is 9.98. The first kappa shape index (κ1) is 22.8. The minimum atomic E-state index is 1.09. The van der Waals surface area contributed by atoms with Crippen LogP contribution in [0.2, 0.25) is 0 Å². The second-order valence-electron chi connectivity index (χ2n) is 9.59. The maximum atomic E-state index is 3.55. The third kappa shape index (κ3) is 4.04. The van der Waals surface area contributed by atoms with Gasteiger partial charge in [-0.25, -0.2) is 0 Å². The summed E-state index contributed by atoms with van der Waals surface area (Å²) in [5.41, 5.74) is 10.9. The van der Waals surface area contributed by atoms with E-state index in [1.165, 1.54) is 55.2 Å². The number of fused-ring (bicyclic) bond motifs is 3. The third-order valence-corrected chi connectivity index (χ3v) is 7.81. The van der Waals surface area contributed by atoms with Crippen molar-refractivity contribution >= 4 is 37.7 Å². The Balaban J connectivity index is 1.37. The zero-order valence-electron chi connectivity index (χ0n) is 20.7. The average Bonchev–Trinajstić information content (AvgIpc) is 3.32. The second kappa shape index (κ2) is 9.48. The lowest BCUT2D eigenvalue weighted by Gasteiger charge is -2.11. The Labute approximate surface area is 230 Å². The van der Waals surface area contributed by atoms with Crippen molar-refractivity contribution in [3.63, 3.8) is 0 Å². The lowest BCUT2D eigenvalue weighted by molar-refractivity contribution is 1.18. The Morgan fingerprint density at radius 1 is 0.368 bits per heavy atom. The number of para-hydroxylation sites is 1. The quantitative estimate of drug-likeness (QED) is 0.205. The predicted octanol–water partition coefficient (Wildman–Crippen LogP) is 10.5. The SMILES string of the molecule is Brc1ccc(-c2cccc(-c3ccc4c5ccccc5n(-c5ccc(-c6ccccc6)cc5)c4c3)c2)cc1. The maximum absolute atomic E-state index is 3.55. The summed E-state index contributed by atoms with van der Waals surface area (Å²) in [6.45, 7) is 0. The smallest absolute Gasteiger partial charge is 0.0547 e. The second-order valence-corrected chi connectivity index (χ2v) is 10.5. The van der Waals surface area contributed by atoms with Crippen molar-refractivity contribution in [3.8, 4) is 39.1 Å². The van der Waals surface area contributed by atoms with Crippen LogP contribution in [-0.4, -0.2) is 4.57 Å². The predicted molar refractivity (Wildman–Crippen MR) is 165 cm³/mol. The fourth-order valence-electron chi connectivity index (χ4n) is 5.38. The molecule has 6 aromatic carbocycles. The fraction of sp³-hybridized carbons (Fsp3) is 0. The number of benzene rings is 6. The fourth-order valence-corrected chi connectivity index (χ4v) is 5.65. The van der Waals surface area contributed by atoms with Crippen molar-refractivity contribution in [2.45, 2.75) is 0 Å². The molecule has 0 aliphatic rings. The van der Waals surface area contributed by atoms with Crippen molar-refractivity contribution in [1.82, 2.24) is 4.57 Å². The van der Waals surface area contributed by atoms with Gasteiger partial charge in [0.15, 0.2) is 0 Å². The normalized spacial score (nSPS) is 11.3. The summed E-state index contributed by atoms with van der Waals surface area (Å²) in [6, 6.07) is 52.3. The van der Waals surface area contributed by atoms with Gasteiger partial charge in [-0.05, 0) is 75.8 Å². The largest absolute Gasteiger partial charge is 0.309 e. The number of hydrogen-bond donors (Lipinski definition) is 0. The van der Waals surface area contributed by atoms with Gasteiger partial charge in [-0.3, -0.25) is 0 Å². The van der Waals surface area contributed by atoms with E-state index in [2.05, 4.69) is 166 Å². The molecule has 38 heavy (non-hydrogen) atoms. The molecule has 0 aliphatic heterocycles. The molecule has 0 bridgehead atoms. The van der Waals surface area contributed by atoms with Gasteiger partial charge in [0.25, 0.3) is 0 Å². The van der Waals surface area contributed by atoms with Crippen molar-refractivity contribution < 1.29 is 0 Å². The molecule has 0 spiro atoms. The van der Waals surface area contributed by atoms with E-state index in [1.54, 1.807) is 0 Å². The number of hydrogen-bond acceptors (Lipinski definition) is 0. The Morgan fingerprint density at radius 2 is 0.895 bits per heavy atom. The topological polar surface area (TPSA) is 4.93 Å². The molecule has 7 rings (SSSR count). The van der Waals surface area contributed by atoms with Crippen molar-refractivity contribution in [3.05, 3.63) is 150 Å². The van der Waals surface area contributed by atoms with Gasteiger partial charge in [-0.1, -0.05) is 119 Å². The number of halogens is 1. The van der Waals surface area contributed by atoms with Crippen molar-refractivity contribution in [2.75, 3.05) is 0 Å². The molecule has 0 saturated heterocycles. The molecule has 2 heteroatoms. The van der Waals surface area contributed by atoms with Crippen LogP contribution in [0.3, 0.4) is 0 Å². The van der Waals surface area contributed by atoms with Crippen molar-refractivity contribution in [2.24, 2.45) is 0 Å². The molecular weight excluding hydrogens is 526 g/mol. The van der Waals surface area contributed by atoms with Crippen LogP contribution >= 0.6 is 15.9 Å². The van der Waals surface area contributed by atoms with Crippen LogP contribution in [0.5, 0.6) is 0 Å². The summed E-state index contributed by atoms with van der Waals surface area (Å²) >= 11 is 3.55. The van der Waals surface area contributed by atoms with E-state index in [1.807, 2.05) is 0 Å². The van der Waals surface area contributed by atoms with Gasteiger partial charge in [-0.15, -0.1) is 0 Å². The van der Waals surface area contributed by atoms with Crippen LogP contribution in [0.25, 0.3) is 60.9 Å². The van der Waals surface area contributed by atoms with E-state index in [-0.39, 0.29) is 0 Å². The van der Waals surface area contributed by atoms with E-state index in [9.17, 15) is 0 Å². The molecule has 180 valence electrons. The van der Waals surface area contributed by atoms with Gasteiger partial charge in [0, 0.05) is 20.9 Å². The Bertz CT molecular complexity index is 1900. The highest BCUT2D eigenvalue weighted by Gasteiger charge is 2.13. The van der Waals surface area contributed by atoms with Gasteiger partial charge < -0.3 is 4.57 Å². The first-order valence-corrected chi connectivity index (χ1v) is 13.6. The summed E-state index contributed by atoms with van der Waals surface area (Å²) in [4.78, 5) is 0. The first-order valence-electron chi connectivity index (χ1n) is 12.8. The molecule has 0 unspecified atom stereocenters. The molecule has 1 heterocycles. The minimum absolute atomic E-state index is 1.09. The monoisotopic (exact) mass is 549 g/mol. The number of nitrogens with zero attached hydrogens (tertiary/aromatic N) is 1. The van der Waals surface area contributed by atoms with Crippen LogP contribution in [0.1, 0.15) is 0 Å². The van der Waals surface area contributed by atoms with E-state index >= 15 is 0 Å². The molecule has 0 saturated carbocycles. The van der Waals surface area contributed by atoms with Gasteiger partial charge >= 0.3 is 0 Å². The Morgan fingerprint density at radius 3 is 1.68 bits per heavy atom. The lowest BCUT2D eigenvalue weighted by Crippen LogP contribution is -1.94. The number of rotatable bonds is 4. The van der Waals surface area contributed by atoms with Gasteiger partial charge in [0.2, 0.25) is 0 Å². The summed E-state index contributed by atoms with van der Waals surface area (Å²) in [5, 5.41) is 2.53. The molecule has 1 aromatic heterocycles. The molecule has 7 aromatic rings. The van der Waals surface area contributed by atoms with E-state index in [4.69, 9.17) is 0 Å². The molecule has 0 amide bonds. The zero-order valence-corrected chi connectivity index (χ0v) is 22.3. The molecule has 0 N–H and O–H groups in total. The molecular formula is C36H24BrN. The van der Waals surface area contributed by atoms with Gasteiger partial charge in [-0.2, -0.15) is 0 Å². The van der Waals surface area contributed by atoms with E-state index in [0.717, 1.165) is 10.2 Å². The summed E-state index contributed by atoms with van der Waals surface area (Å²) in [6.07, 6.45) is 0. The van der Waals surface area contributed by atoms with Gasteiger partial charge in [0.1, 0.15) is 0 Å². The van der Waals surface area contributed by atoms with E-state index in [0.29, 0.717) is 0 Å². The van der Waals surface area contributed by atoms with Gasteiger partial charge in [0.05, 0.1) is 11.0 Å². The van der Waals surface area contributed by atoms with Crippen LogP contribution in [0, 0.1) is 0 Å². The highest BCUT2D eigenvalue weighted by atomic mass is 79.9.